The molecule has 0 amide bonds. The van der Waals surface area contributed by atoms with Crippen LogP contribution >= 0.6 is 0 Å². The molecule has 1 N–H and O–H groups in total. The Morgan fingerprint density at radius 2 is 1.92 bits per heavy atom. The predicted molar refractivity (Wildman–Crippen MR) is 84.4 cm³/mol. The fraction of sp³-hybridized carbons (Fsp3) is 0.667. The molecule has 0 bridgehead atoms. The molecule has 0 radical (unpaired) electrons. The molecule has 2 unspecified atom stereocenters. The molecule has 3 nitrogen and oxygen atoms in total. The van der Waals surface area contributed by atoms with E-state index in [0.29, 0.717) is 38.2 Å². The van der Waals surface area contributed by atoms with E-state index in [9.17, 15) is 18.3 Å². The Morgan fingerprint density at radius 1 is 1.25 bits per heavy atom. The lowest BCUT2D eigenvalue weighted by Gasteiger charge is -2.56. The number of ether oxygens (including phenoxy) is 1. The standard InChI is InChI=1S/C18H24F3NO2/c1-2-24-16-11-15(23)17(16)7-9-22(10-8-17)12-13-5-3-4-6-14(13)18(19,20)21/h3-6,15-16,23H,2,7-12H2,1H3. The van der Waals surface area contributed by atoms with Crippen LogP contribution in [0.1, 0.15) is 37.3 Å². The Bertz CT molecular complexity index is 566. The Kier molecular flexibility index (Phi) is 4.91. The monoisotopic (exact) mass is 343 g/mol. The summed E-state index contributed by atoms with van der Waals surface area (Å²) in [6.07, 6.45) is -2.37. The third kappa shape index (κ3) is 3.19. The number of benzene rings is 1. The Morgan fingerprint density at radius 3 is 2.50 bits per heavy atom. The number of halogens is 3. The second kappa shape index (κ2) is 6.65. The average Bonchev–Trinajstić information content (AvgIpc) is 2.55. The Hall–Kier alpha value is -1.11. The average molecular weight is 343 g/mol. The molecule has 1 aromatic carbocycles. The first-order valence-electron chi connectivity index (χ1n) is 8.54. The van der Waals surface area contributed by atoms with Crippen LogP contribution in [0.25, 0.3) is 0 Å². The molecule has 2 atom stereocenters. The largest absolute Gasteiger partial charge is 0.416 e. The van der Waals surface area contributed by atoms with Gasteiger partial charge in [-0.05, 0) is 44.5 Å². The molecule has 1 aliphatic heterocycles. The van der Waals surface area contributed by atoms with Crippen LogP contribution < -0.4 is 0 Å². The van der Waals surface area contributed by atoms with Gasteiger partial charge < -0.3 is 9.84 Å². The second-order valence-electron chi connectivity index (χ2n) is 6.86. The minimum Gasteiger partial charge on any atom is -0.392 e. The Balaban J connectivity index is 1.64. The number of aliphatic hydroxyl groups excluding tert-OH is 1. The summed E-state index contributed by atoms with van der Waals surface area (Å²) in [5.74, 6) is 0. The van der Waals surface area contributed by atoms with Crippen molar-refractivity contribution in [1.29, 1.82) is 0 Å². The molecule has 1 saturated heterocycles. The maximum Gasteiger partial charge on any atom is 0.416 e. The second-order valence-corrected chi connectivity index (χ2v) is 6.86. The fourth-order valence-electron chi connectivity index (χ4n) is 4.12. The van der Waals surface area contributed by atoms with Crippen molar-refractivity contribution in [1.82, 2.24) is 4.90 Å². The first-order chi connectivity index (χ1) is 11.4. The maximum absolute atomic E-state index is 13.1. The van der Waals surface area contributed by atoms with E-state index in [1.165, 1.54) is 6.07 Å². The summed E-state index contributed by atoms with van der Waals surface area (Å²) in [5.41, 5.74) is -0.437. The van der Waals surface area contributed by atoms with E-state index in [2.05, 4.69) is 0 Å². The van der Waals surface area contributed by atoms with E-state index < -0.39 is 11.7 Å². The highest BCUT2D eigenvalue weighted by molar-refractivity contribution is 5.29. The molecule has 2 aliphatic rings. The van der Waals surface area contributed by atoms with Crippen LogP contribution in [-0.2, 0) is 17.5 Å². The third-order valence-corrected chi connectivity index (χ3v) is 5.61. The van der Waals surface area contributed by atoms with Crippen molar-refractivity contribution in [3.8, 4) is 0 Å². The summed E-state index contributed by atoms with van der Waals surface area (Å²) in [5, 5.41) is 10.2. The minimum absolute atomic E-state index is 0.0853. The number of hydrogen-bond donors (Lipinski definition) is 1. The van der Waals surface area contributed by atoms with E-state index >= 15 is 0 Å². The zero-order valence-corrected chi connectivity index (χ0v) is 13.9. The number of likely N-dealkylation sites (tertiary alicyclic amines) is 1. The van der Waals surface area contributed by atoms with Crippen LogP contribution in [0.3, 0.4) is 0 Å². The molecule has 6 heteroatoms. The van der Waals surface area contributed by atoms with Gasteiger partial charge in [-0.1, -0.05) is 18.2 Å². The molecule has 2 fully saturated rings. The molecule has 3 rings (SSSR count). The van der Waals surface area contributed by atoms with Crippen LogP contribution in [0, 0.1) is 5.41 Å². The van der Waals surface area contributed by atoms with Gasteiger partial charge in [-0.25, -0.2) is 0 Å². The summed E-state index contributed by atoms with van der Waals surface area (Å²) in [6.45, 7) is 4.24. The van der Waals surface area contributed by atoms with Gasteiger partial charge in [-0.3, -0.25) is 4.90 Å². The number of rotatable bonds is 4. The lowest BCUT2D eigenvalue weighted by atomic mass is 9.58. The van der Waals surface area contributed by atoms with Crippen molar-refractivity contribution in [2.75, 3.05) is 19.7 Å². The molecular formula is C18H24F3NO2. The number of piperidine rings is 1. The lowest BCUT2D eigenvalue weighted by Crippen LogP contribution is -2.62. The maximum atomic E-state index is 13.1. The number of nitrogens with zero attached hydrogens (tertiary/aromatic N) is 1. The van der Waals surface area contributed by atoms with E-state index in [4.69, 9.17) is 4.74 Å². The van der Waals surface area contributed by atoms with Crippen molar-refractivity contribution in [2.24, 2.45) is 5.41 Å². The molecular weight excluding hydrogens is 319 g/mol. The van der Waals surface area contributed by atoms with Crippen LogP contribution in [0.15, 0.2) is 24.3 Å². The molecule has 1 heterocycles. The van der Waals surface area contributed by atoms with Crippen LogP contribution in [0.4, 0.5) is 13.2 Å². The minimum atomic E-state index is -4.32. The smallest absolute Gasteiger partial charge is 0.392 e. The quantitative estimate of drug-likeness (QED) is 0.909. The fourth-order valence-corrected chi connectivity index (χ4v) is 4.12. The summed E-state index contributed by atoms with van der Waals surface area (Å²) >= 11 is 0. The van der Waals surface area contributed by atoms with Gasteiger partial charge in [0.05, 0.1) is 17.8 Å². The topological polar surface area (TPSA) is 32.7 Å². The molecule has 1 saturated carbocycles. The van der Waals surface area contributed by atoms with Crippen molar-refractivity contribution < 1.29 is 23.0 Å². The van der Waals surface area contributed by atoms with Crippen molar-refractivity contribution >= 4 is 0 Å². The zero-order chi connectivity index (χ0) is 17.4. The predicted octanol–water partition coefficient (Wildman–Crippen LogP) is 3.46. The summed E-state index contributed by atoms with van der Waals surface area (Å²) < 4.78 is 45.1. The van der Waals surface area contributed by atoms with Gasteiger partial charge >= 0.3 is 6.18 Å². The van der Waals surface area contributed by atoms with Crippen molar-refractivity contribution in [3.63, 3.8) is 0 Å². The lowest BCUT2D eigenvalue weighted by molar-refractivity contribution is -0.210. The van der Waals surface area contributed by atoms with Crippen LogP contribution in [0.5, 0.6) is 0 Å². The third-order valence-electron chi connectivity index (χ3n) is 5.61. The summed E-state index contributed by atoms with van der Waals surface area (Å²) in [6, 6.07) is 5.77. The highest BCUT2D eigenvalue weighted by Crippen LogP contribution is 2.51. The van der Waals surface area contributed by atoms with E-state index in [1.54, 1.807) is 12.1 Å². The number of alkyl halides is 3. The normalized spacial score (nSPS) is 27.2. The molecule has 1 aromatic rings. The van der Waals surface area contributed by atoms with Gasteiger partial charge in [0, 0.05) is 25.0 Å². The van der Waals surface area contributed by atoms with Crippen molar-refractivity contribution in [2.45, 2.75) is 51.1 Å². The van der Waals surface area contributed by atoms with E-state index in [-0.39, 0.29) is 17.6 Å². The SMILES string of the molecule is CCOC1CC(O)C12CCN(Cc1ccccc1C(F)(F)F)CC2. The van der Waals surface area contributed by atoms with Gasteiger partial charge in [0.1, 0.15) is 0 Å². The zero-order valence-electron chi connectivity index (χ0n) is 13.9. The highest BCUT2D eigenvalue weighted by atomic mass is 19.4. The molecule has 1 spiro atoms. The van der Waals surface area contributed by atoms with Crippen LogP contribution in [-0.4, -0.2) is 41.9 Å². The molecule has 0 aromatic heterocycles. The summed E-state index contributed by atoms with van der Waals surface area (Å²) in [7, 11) is 0. The van der Waals surface area contributed by atoms with Gasteiger partial charge in [0.25, 0.3) is 0 Å². The van der Waals surface area contributed by atoms with Gasteiger partial charge in [0.15, 0.2) is 0 Å². The number of aliphatic hydroxyl groups is 1. The van der Waals surface area contributed by atoms with E-state index in [1.807, 2.05) is 11.8 Å². The van der Waals surface area contributed by atoms with Gasteiger partial charge in [-0.15, -0.1) is 0 Å². The van der Waals surface area contributed by atoms with Crippen LogP contribution in [0.2, 0.25) is 0 Å². The number of hydrogen-bond acceptors (Lipinski definition) is 3. The molecule has 1 aliphatic carbocycles. The van der Waals surface area contributed by atoms with E-state index in [0.717, 1.165) is 18.9 Å². The van der Waals surface area contributed by atoms with Crippen molar-refractivity contribution in [3.05, 3.63) is 35.4 Å². The first kappa shape index (κ1) is 17.7. The molecule has 134 valence electrons. The highest BCUT2D eigenvalue weighted by Gasteiger charge is 2.55. The molecule has 24 heavy (non-hydrogen) atoms. The first-order valence-corrected chi connectivity index (χ1v) is 8.54. The van der Waals surface area contributed by atoms with Gasteiger partial charge in [0.2, 0.25) is 0 Å². The Labute approximate surface area is 140 Å². The van der Waals surface area contributed by atoms with Gasteiger partial charge in [-0.2, -0.15) is 13.2 Å². The summed E-state index contributed by atoms with van der Waals surface area (Å²) in [4.78, 5) is 2.05.